The molecule has 0 aliphatic heterocycles. The molecule has 0 spiro atoms. The van der Waals surface area contributed by atoms with Gasteiger partial charge in [0.1, 0.15) is 17.3 Å². The molecule has 0 radical (unpaired) electrons. The average molecular weight is 533 g/mol. The summed E-state index contributed by atoms with van der Waals surface area (Å²) in [5.41, 5.74) is 14.3. The quantitative estimate of drug-likeness (QED) is 0.122. The topological polar surface area (TPSA) is 267 Å². The molecule has 0 atom stereocenters. The normalized spacial score (nSPS) is 8.97. The van der Waals surface area contributed by atoms with Crippen molar-refractivity contribution in [3.8, 4) is 0 Å². The number of hydrogen-bond acceptors (Lipinski definition) is 15. The Hall–Kier alpha value is -0.900. The first-order valence-electron chi connectivity index (χ1n) is 7.75. The van der Waals surface area contributed by atoms with Crippen molar-refractivity contribution in [1.29, 1.82) is 0 Å². The third-order valence-electron chi connectivity index (χ3n) is 2.51. The Balaban J connectivity index is 0. The van der Waals surface area contributed by atoms with Gasteiger partial charge in [0.2, 0.25) is 5.69 Å². The first-order valence-corrected chi connectivity index (χ1v) is 19.7. The number of nitrogen functional groups attached to an aromatic ring is 3. The van der Waals surface area contributed by atoms with Crippen molar-refractivity contribution in [2.45, 2.75) is 11.5 Å². The summed E-state index contributed by atoms with van der Waals surface area (Å²) in [6.45, 7) is 0. The minimum absolute atomic E-state index is 0.0458. The van der Waals surface area contributed by atoms with E-state index < -0.39 is 29.6 Å². The van der Waals surface area contributed by atoms with E-state index >= 15 is 0 Å². The van der Waals surface area contributed by atoms with Crippen LogP contribution in [0.15, 0.2) is 14.8 Å². The second-order valence-corrected chi connectivity index (χ2v) is 7.46. The molecule has 21 heteroatoms. The van der Waals surface area contributed by atoms with E-state index in [1.165, 1.54) is 43.6 Å². The van der Waals surface area contributed by atoms with Crippen LogP contribution in [0.25, 0.3) is 0 Å². The molecular weight excluding hydrogens is 518 g/mol. The molecule has 0 saturated carbocycles. The first kappa shape index (κ1) is 32.3. The number of aromatic amines is 2. The Kier molecular flexibility index (Phi) is 18.4. The van der Waals surface area contributed by atoms with Crippen LogP contribution in [0.3, 0.4) is 0 Å². The SMILES string of the molecule is Nc1nc(CS)[nH]c(=O)c1N.Nc1nc(CS)[nH]c(=O)c1N=O.O=S(=O)=S(=O)=O.[Na][Na]. The molecule has 31 heavy (non-hydrogen) atoms. The summed E-state index contributed by atoms with van der Waals surface area (Å²) >= 11 is 10.7. The molecule has 0 unspecified atom stereocenters. The van der Waals surface area contributed by atoms with Crippen LogP contribution in [-0.4, -0.2) is 80.4 Å². The number of nitrogens with two attached hydrogens (primary N) is 3. The number of nitrogens with zero attached hydrogens (tertiary/aromatic N) is 3. The van der Waals surface area contributed by atoms with Gasteiger partial charge in [-0.15, -0.1) is 4.91 Å². The third-order valence-corrected chi connectivity index (χ3v) is 3.99. The zero-order valence-electron chi connectivity index (χ0n) is 16.1. The van der Waals surface area contributed by atoms with Crippen LogP contribution in [0.4, 0.5) is 23.0 Å². The van der Waals surface area contributed by atoms with Crippen LogP contribution in [0.5, 0.6) is 0 Å². The van der Waals surface area contributed by atoms with Gasteiger partial charge < -0.3 is 27.2 Å². The monoisotopic (exact) mass is 532 g/mol. The van der Waals surface area contributed by atoms with Gasteiger partial charge in [-0.3, -0.25) is 9.59 Å². The van der Waals surface area contributed by atoms with Crippen molar-refractivity contribution in [2.75, 3.05) is 17.2 Å². The molecule has 0 aromatic carbocycles. The van der Waals surface area contributed by atoms with Gasteiger partial charge in [0.05, 0.1) is 0 Å². The molecule has 162 valence electrons. The number of rotatable bonds is 3. The van der Waals surface area contributed by atoms with Gasteiger partial charge in [-0.1, -0.05) is 0 Å². The second kappa shape index (κ2) is 17.6. The van der Waals surface area contributed by atoms with E-state index in [9.17, 15) is 14.5 Å². The number of nitrogens with one attached hydrogen (secondary N) is 2. The first-order chi connectivity index (χ1) is 14.5. The number of anilines is 3. The van der Waals surface area contributed by atoms with Gasteiger partial charge in [0, 0.05) is 11.5 Å². The van der Waals surface area contributed by atoms with E-state index in [4.69, 9.17) is 34.0 Å². The summed E-state index contributed by atoms with van der Waals surface area (Å²) in [5.74, 6) is 1.20. The molecule has 2 rings (SSSR count). The molecule has 2 aromatic heterocycles. The van der Waals surface area contributed by atoms with E-state index in [2.05, 4.69) is 50.4 Å². The van der Waals surface area contributed by atoms with E-state index in [-0.39, 0.29) is 28.8 Å². The van der Waals surface area contributed by atoms with Crippen molar-refractivity contribution >= 4 is 110 Å². The zero-order valence-corrected chi connectivity index (χ0v) is 23.5. The van der Waals surface area contributed by atoms with Crippen LogP contribution in [0.1, 0.15) is 11.6 Å². The fourth-order valence-corrected chi connectivity index (χ4v) is 1.62. The Morgan fingerprint density at radius 1 is 0.839 bits per heavy atom. The van der Waals surface area contributed by atoms with E-state index in [1.54, 1.807) is 0 Å². The van der Waals surface area contributed by atoms with E-state index in [0.717, 1.165) is 0 Å². The Bertz CT molecular complexity index is 1200. The zero-order chi connectivity index (χ0) is 24.7. The second-order valence-electron chi connectivity index (χ2n) is 4.37. The summed E-state index contributed by atoms with van der Waals surface area (Å²) in [5, 5.41) is 2.44. The van der Waals surface area contributed by atoms with E-state index in [0.29, 0.717) is 17.4 Å². The van der Waals surface area contributed by atoms with Gasteiger partial charge in [-0.2, -0.15) is 42.1 Å². The number of thiol groups is 2. The van der Waals surface area contributed by atoms with Crippen molar-refractivity contribution in [3.05, 3.63) is 37.3 Å². The van der Waals surface area contributed by atoms with Crippen LogP contribution < -0.4 is 28.3 Å². The summed E-state index contributed by atoms with van der Waals surface area (Å²) in [6.07, 6.45) is 0. The van der Waals surface area contributed by atoms with Gasteiger partial charge in [0.15, 0.2) is 11.6 Å². The summed E-state index contributed by atoms with van der Waals surface area (Å²) in [7, 11) is -5.90. The molecule has 2 heterocycles. The average Bonchev–Trinajstić information content (AvgIpc) is 2.73. The molecule has 0 aliphatic rings. The number of aromatic nitrogens is 4. The Labute approximate surface area is 216 Å². The molecule has 0 bridgehead atoms. The maximum absolute atomic E-state index is 10.9. The molecule has 0 saturated heterocycles. The fourth-order valence-electron chi connectivity index (χ4n) is 1.32. The van der Waals surface area contributed by atoms with E-state index in [1.807, 2.05) is 0 Å². The van der Waals surface area contributed by atoms with Crippen LogP contribution in [0.2, 0.25) is 0 Å². The molecule has 0 amide bonds. The number of hydrogen-bond donors (Lipinski definition) is 7. The van der Waals surface area contributed by atoms with Crippen molar-refractivity contribution < 1.29 is 16.8 Å². The summed E-state index contributed by atoms with van der Waals surface area (Å²) in [4.78, 5) is 44.0. The maximum atomic E-state index is 10.9. The van der Waals surface area contributed by atoms with Crippen LogP contribution in [-0.2, 0) is 30.0 Å². The molecule has 0 fully saturated rings. The van der Waals surface area contributed by atoms with Gasteiger partial charge >= 0.3 is 62.1 Å². The molecule has 0 aliphatic carbocycles. The van der Waals surface area contributed by atoms with Gasteiger partial charge in [-0.05, 0) is 5.18 Å². The minimum atomic E-state index is -2.95. The summed E-state index contributed by atoms with van der Waals surface area (Å²) < 4.78 is 36.3. The van der Waals surface area contributed by atoms with Gasteiger partial charge in [-0.25, -0.2) is 9.97 Å². The third kappa shape index (κ3) is 12.7. The van der Waals surface area contributed by atoms with Crippen LogP contribution >= 0.6 is 25.3 Å². The fraction of sp³-hybridized carbons (Fsp3) is 0.200. The van der Waals surface area contributed by atoms with Gasteiger partial charge in [0.25, 0.3) is 11.1 Å². The molecule has 8 N–H and O–H groups in total. The van der Waals surface area contributed by atoms with Crippen molar-refractivity contribution in [3.63, 3.8) is 0 Å². The molecule has 15 nitrogen and oxygen atoms in total. The predicted octanol–water partition coefficient (Wildman–Crippen LogP) is -2.56. The van der Waals surface area contributed by atoms with Crippen molar-refractivity contribution in [1.82, 2.24) is 19.9 Å². The molecule has 2 aromatic rings. The Morgan fingerprint density at radius 2 is 1.23 bits per heavy atom. The van der Waals surface area contributed by atoms with Crippen LogP contribution in [0, 0.1) is 4.91 Å². The Morgan fingerprint density at radius 3 is 1.52 bits per heavy atom. The molecular formula is C10H14N8Na2O7S4. The number of H-pyrrole nitrogens is 2. The predicted molar refractivity (Wildman–Crippen MR) is 123 cm³/mol. The summed E-state index contributed by atoms with van der Waals surface area (Å²) in [6, 6.07) is 0. The number of nitroso groups, excluding NO2 is 1. The van der Waals surface area contributed by atoms with Crippen molar-refractivity contribution in [2.24, 2.45) is 5.18 Å². The standard InChI is InChI=1S/C5H6N4O2S.C5H8N4OS.2Na.O4S2/c6-4-3(9-11)5(10)8-2(1-12)7-4;6-3-4(7)8-2(1-11)9-5(3)10;;;1-5(2)6(3)4/h12H,1H2,(H3,6,7,8,10);11H,1,6H2,(H3,7,8,9,10);;;.